The molecule has 1 unspecified atom stereocenters. The van der Waals surface area contributed by atoms with E-state index in [-0.39, 0.29) is 18.4 Å². The van der Waals surface area contributed by atoms with E-state index in [1.807, 2.05) is 54.6 Å². The number of rotatable bonds is 3. The van der Waals surface area contributed by atoms with Crippen molar-refractivity contribution in [3.8, 4) is 0 Å². The fraction of sp³-hybridized carbons (Fsp3) is 0.143. The van der Waals surface area contributed by atoms with Crippen molar-refractivity contribution in [3.63, 3.8) is 0 Å². The van der Waals surface area contributed by atoms with Crippen molar-refractivity contribution in [3.05, 3.63) is 65.7 Å². The average Bonchev–Trinajstić information content (AvgIpc) is 2.33. The Balaban J connectivity index is 0.00000144. The highest BCUT2D eigenvalue weighted by Gasteiger charge is 2.07. The molecule has 2 rings (SSSR count). The maximum atomic E-state index is 6.14. The summed E-state index contributed by atoms with van der Waals surface area (Å²) in [6.07, 6.45) is 0.774. The summed E-state index contributed by atoms with van der Waals surface area (Å²) < 4.78 is 0. The van der Waals surface area contributed by atoms with Crippen molar-refractivity contribution < 1.29 is 0 Å². The van der Waals surface area contributed by atoms with Gasteiger partial charge in [-0.1, -0.05) is 48.5 Å². The Morgan fingerprint density at radius 1 is 0.882 bits per heavy atom. The van der Waals surface area contributed by atoms with Gasteiger partial charge >= 0.3 is 0 Å². The number of benzene rings is 2. The Bertz CT molecular complexity index is 457. The predicted molar refractivity (Wildman–Crippen MR) is 75.2 cm³/mol. The summed E-state index contributed by atoms with van der Waals surface area (Å²) in [6.45, 7) is 0. The molecule has 0 aliphatic rings. The van der Waals surface area contributed by atoms with Crippen molar-refractivity contribution in [2.45, 2.75) is 12.5 Å². The van der Waals surface area contributed by atoms with E-state index < -0.39 is 0 Å². The molecule has 1 atom stereocenters. The zero-order chi connectivity index (χ0) is 11.4. The van der Waals surface area contributed by atoms with E-state index in [1.54, 1.807) is 0 Å². The van der Waals surface area contributed by atoms with Gasteiger partial charge in [0.1, 0.15) is 0 Å². The molecule has 0 bridgehead atoms. The molecule has 3 heteroatoms. The standard InChI is InChI=1S/C14H16N2.ClH/c15-13-9-5-4-8-12(13)10-14(16)11-6-2-1-3-7-11;/h1-9,14H,10,15-16H2;1H. The molecule has 0 radical (unpaired) electrons. The van der Waals surface area contributed by atoms with Crippen molar-refractivity contribution in [2.24, 2.45) is 5.73 Å². The van der Waals surface area contributed by atoms with Crippen LogP contribution in [0, 0.1) is 0 Å². The molecular weight excluding hydrogens is 232 g/mol. The molecule has 0 aliphatic carbocycles. The Morgan fingerprint density at radius 3 is 2.12 bits per heavy atom. The molecule has 2 nitrogen and oxygen atoms in total. The molecule has 0 aromatic heterocycles. The number of para-hydroxylation sites is 1. The number of hydrogen-bond acceptors (Lipinski definition) is 2. The van der Waals surface area contributed by atoms with E-state index in [9.17, 15) is 0 Å². The van der Waals surface area contributed by atoms with Gasteiger partial charge in [0.15, 0.2) is 0 Å². The third-order valence-corrected chi connectivity index (χ3v) is 2.72. The number of nitrogen functional groups attached to an aromatic ring is 1. The van der Waals surface area contributed by atoms with Crippen molar-refractivity contribution in [1.29, 1.82) is 0 Å². The van der Waals surface area contributed by atoms with Crippen LogP contribution in [0.15, 0.2) is 54.6 Å². The maximum Gasteiger partial charge on any atom is 0.0347 e. The van der Waals surface area contributed by atoms with E-state index in [0.717, 1.165) is 23.2 Å². The zero-order valence-corrected chi connectivity index (χ0v) is 10.4. The number of halogens is 1. The van der Waals surface area contributed by atoms with Crippen LogP contribution in [-0.2, 0) is 6.42 Å². The fourth-order valence-corrected chi connectivity index (χ4v) is 1.78. The summed E-state index contributed by atoms with van der Waals surface area (Å²) in [7, 11) is 0. The molecular formula is C14H17ClN2. The molecule has 90 valence electrons. The lowest BCUT2D eigenvalue weighted by Gasteiger charge is -2.13. The van der Waals surface area contributed by atoms with Gasteiger partial charge in [-0.15, -0.1) is 12.4 Å². The van der Waals surface area contributed by atoms with E-state index in [2.05, 4.69) is 0 Å². The van der Waals surface area contributed by atoms with E-state index in [1.165, 1.54) is 0 Å². The lowest BCUT2D eigenvalue weighted by molar-refractivity contribution is 0.723. The second-order valence-corrected chi connectivity index (χ2v) is 3.92. The fourth-order valence-electron chi connectivity index (χ4n) is 1.78. The lowest BCUT2D eigenvalue weighted by atomic mass is 9.99. The SMILES string of the molecule is Cl.Nc1ccccc1CC(N)c1ccccc1. The molecule has 0 saturated carbocycles. The second-order valence-electron chi connectivity index (χ2n) is 3.92. The predicted octanol–water partition coefficient (Wildman–Crippen LogP) is 2.93. The molecule has 0 fully saturated rings. The summed E-state index contributed by atoms with van der Waals surface area (Å²) in [5.74, 6) is 0. The molecule has 2 aromatic rings. The Labute approximate surface area is 108 Å². The summed E-state index contributed by atoms with van der Waals surface area (Å²) in [4.78, 5) is 0. The highest BCUT2D eigenvalue weighted by molar-refractivity contribution is 5.85. The van der Waals surface area contributed by atoms with Gasteiger partial charge in [-0.2, -0.15) is 0 Å². The monoisotopic (exact) mass is 248 g/mol. The Morgan fingerprint density at radius 2 is 1.47 bits per heavy atom. The number of hydrogen-bond donors (Lipinski definition) is 2. The van der Waals surface area contributed by atoms with Crippen LogP contribution in [0.5, 0.6) is 0 Å². The Hall–Kier alpha value is -1.51. The van der Waals surface area contributed by atoms with Gasteiger partial charge in [0, 0.05) is 11.7 Å². The van der Waals surface area contributed by atoms with Crippen LogP contribution in [0.2, 0.25) is 0 Å². The van der Waals surface area contributed by atoms with Gasteiger partial charge in [0.2, 0.25) is 0 Å². The van der Waals surface area contributed by atoms with Crippen LogP contribution < -0.4 is 11.5 Å². The maximum absolute atomic E-state index is 6.14. The minimum atomic E-state index is 0. The van der Waals surface area contributed by atoms with Crippen LogP contribution in [-0.4, -0.2) is 0 Å². The van der Waals surface area contributed by atoms with Crippen molar-refractivity contribution >= 4 is 18.1 Å². The lowest BCUT2D eigenvalue weighted by Crippen LogP contribution is -2.14. The number of nitrogens with two attached hydrogens (primary N) is 2. The highest BCUT2D eigenvalue weighted by Crippen LogP contribution is 2.19. The molecule has 2 aromatic carbocycles. The van der Waals surface area contributed by atoms with Gasteiger partial charge in [-0.05, 0) is 23.6 Å². The van der Waals surface area contributed by atoms with Crippen LogP contribution in [0.4, 0.5) is 5.69 Å². The third kappa shape index (κ3) is 3.48. The number of anilines is 1. The molecule has 0 amide bonds. The van der Waals surface area contributed by atoms with Gasteiger partial charge in [0.05, 0.1) is 0 Å². The molecule has 0 saturated heterocycles. The summed E-state index contributed by atoms with van der Waals surface area (Å²) >= 11 is 0. The topological polar surface area (TPSA) is 52.0 Å². The van der Waals surface area contributed by atoms with Crippen molar-refractivity contribution in [1.82, 2.24) is 0 Å². The first-order chi connectivity index (χ1) is 7.77. The van der Waals surface area contributed by atoms with E-state index >= 15 is 0 Å². The molecule has 0 spiro atoms. The minimum Gasteiger partial charge on any atom is -0.399 e. The summed E-state index contributed by atoms with van der Waals surface area (Å²) in [5.41, 5.74) is 15.1. The van der Waals surface area contributed by atoms with Gasteiger partial charge < -0.3 is 11.5 Å². The molecule has 0 aliphatic heterocycles. The third-order valence-electron chi connectivity index (χ3n) is 2.72. The molecule has 17 heavy (non-hydrogen) atoms. The van der Waals surface area contributed by atoms with E-state index in [4.69, 9.17) is 11.5 Å². The zero-order valence-electron chi connectivity index (χ0n) is 9.54. The second kappa shape index (κ2) is 6.28. The van der Waals surface area contributed by atoms with Gasteiger partial charge in [-0.3, -0.25) is 0 Å². The first-order valence-electron chi connectivity index (χ1n) is 5.41. The van der Waals surface area contributed by atoms with Crippen molar-refractivity contribution in [2.75, 3.05) is 5.73 Å². The smallest absolute Gasteiger partial charge is 0.0347 e. The van der Waals surface area contributed by atoms with E-state index in [0.29, 0.717) is 0 Å². The van der Waals surface area contributed by atoms with Crippen LogP contribution >= 0.6 is 12.4 Å². The summed E-state index contributed by atoms with van der Waals surface area (Å²) in [5, 5.41) is 0. The van der Waals surface area contributed by atoms with Crippen LogP contribution in [0.25, 0.3) is 0 Å². The van der Waals surface area contributed by atoms with Gasteiger partial charge in [0.25, 0.3) is 0 Å². The van der Waals surface area contributed by atoms with Crippen LogP contribution in [0.3, 0.4) is 0 Å². The minimum absolute atomic E-state index is 0. The van der Waals surface area contributed by atoms with Crippen LogP contribution in [0.1, 0.15) is 17.2 Å². The summed E-state index contributed by atoms with van der Waals surface area (Å²) in [6, 6.07) is 18.0. The molecule has 4 N–H and O–H groups in total. The quantitative estimate of drug-likeness (QED) is 0.821. The largest absolute Gasteiger partial charge is 0.399 e. The molecule has 0 heterocycles. The Kier molecular flexibility index (Phi) is 5.01. The van der Waals surface area contributed by atoms with Gasteiger partial charge in [-0.25, -0.2) is 0 Å². The first kappa shape index (κ1) is 13.6. The highest BCUT2D eigenvalue weighted by atomic mass is 35.5. The normalized spacial score (nSPS) is 11.6. The first-order valence-corrected chi connectivity index (χ1v) is 5.41. The average molecular weight is 249 g/mol.